The fourth-order valence-electron chi connectivity index (χ4n) is 1.82. The Morgan fingerprint density at radius 1 is 1.17 bits per heavy atom. The van der Waals surface area contributed by atoms with Crippen LogP contribution in [0.2, 0.25) is 0 Å². The van der Waals surface area contributed by atoms with Gasteiger partial charge in [-0.2, -0.15) is 4.73 Å². The molecule has 0 bridgehead atoms. The first-order valence-electron chi connectivity index (χ1n) is 7.09. The van der Waals surface area contributed by atoms with E-state index in [1.54, 1.807) is 24.3 Å². The molecule has 1 aromatic carbocycles. The number of pyridine rings is 1. The average Bonchev–Trinajstić information content (AvgIpc) is 2.55. The molecular weight excluding hydrogens is 318 g/mol. The molecule has 23 heavy (non-hydrogen) atoms. The number of aromatic nitrogens is 1. The van der Waals surface area contributed by atoms with Crippen LogP contribution in [-0.4, -0.2) is 34.1 Å². The van der Waals surface area contributed by atoms with Gasteiger partial charge in [0, 0.05) is 12.8 Å². The number of benzene rings is 1. The van der Waals surface area contributed by atoms with Crippen molar-refractivity contribution in [2.75, 3.05) is 13.2 Å². The molecule has 7 heteroatoms. The van der Waals surface area contributed by atoms with Crippen LogP contribution in [-0.2, 0) is 0 Å². The van der Waals surface area contributed by atoms with Crippen molar-refractivity contribution in [2.45, 2.75) is 12.8 Å². The summed E-state index contributed by atoms with van der Waals surface area (Å²) >= 11 is 5.22. The Bertz CT molecular complexity index is 728. The minimum atomic E-state index is -0.725. The van der Waals surface area contributed by atoms with Gasteiger partial charge in [0.15, 0.2) is 10.4 Å². The van der Waals surface area contributed by atoms with E-state index < -0.39 is 5.97 Å². The predicted octanol–water partition coefficient (Wildman–Crippen LogP) is 2.34. The molecule has 122 valence electrons. The van der Waals surface area contributed by atoms with Crippen molar-refractivity contribution in [1.29, 1.82) is 0 Å². The maximum atomic E-state index is 12.1. The number of aromatic hydroxyl groups is 1. The van der Waals surface area contributed by atoms with Gasteiger partial charge in [0.05, 0.1) is 6.61 Å². The highest BCUT2D eigenvalue weighted by Crippen LogP contribution is 2.17. The molecule has 0 atom stereocenters. The Labute approximate surface area is 138 Å². The lowest BCUT2D eigenvalue weighted by Crippen LogP contribution is -2.21. The lowest BCUT2D eigenvalue weighted by atomic mass is 10.2. The zero-order valence-corrected chi connectivity index (χ0v) is 13.2. The third-order valence-electron chi connectivity index (χ3n) is 3.00. The van der Waals surface area contributed by atoms with E-state index in [1.807, 2.05) is 0 Å². The van der Waals surface area contributed by atoms with E-state index in [0.29, 0.717) is 25.2 Å². The van der Waals surface area contributed by atoms with Crippen molar-refractivity contribution in [3.05, 3.63) is 52.8 Å². The fraction of sp³-hybridized carbons (Fsp3) is 0.250. The van der Waals surface area contributed by atoms with Gasteiger partial charge in [-0.15, -0.1) is 0 Å². The molecule has 0 radical (unpaired) electrons. The van der Waals surface area contributed by atoms with E-state index in [1.165, 1.54) is 18.3 Å². The molecule has 0 unspecified atom stereocenters. The topological polar surface area (TPSA) is 80.9 Å². The SMILES string of the molecule is O=C(On1cccc(OCCCCO)c1=S)c1ccccc1O. The van der Waals surface area contributed by atoms with Crippen LogP contribution in [0.1, 0.15) is 23.2 Å². The standard InChI is InChI=1S/C16H17NO5S/c18-10-3-4-11-21-14-8-5-9-17(15(14)23)22-16(20)12-6-1-2-7-13(12)19/h1-2,5-9,18-19H,3-4,10-11H2. The number of phenolic OH excluding ortho intramolecular Hbond substituents is 1. The number of para-hydroxylation sites is 1. The quantitative estimate of drug-likeness (QED) is 0.597. The number of hydrogen-bond donors (Lipinski definition) is 2. The molecule has 0 aliphatic heterocycles. The molecule has 0 aliphatic rings. The molecule has 0 amide bonds. The van der Waals surface area contributed by atoms with Gasteiger partial charge < -0.3 is 19.8 Å². The molecule has 6 nitrogen and oxygen atoms in total. The molecule has 2 rings (SSSR count). The normalized spacial score (nSPS) is 10.3. The summed E-state index contributed by atoms with van der Waals surface area (Å²) in [5.74, 6) is -0.484. The van der Waals surface area contributed by atoms with Crippen molar-refractivity contribution < 1.29 is 24.6 Å². The Balaban J connectivity index is 2.10. The average molecular weight is 335 g/mol. The lowest BCUT2D eigenvalue weighted by Gasteiger charge is -2.11. The number of aliphatic hydroxyl groups is 1. The molecule has 2 aromatic rings. The van der Waals surface area contributed by atoms with Gasteiger partial charge in [0.1, 0.15) is 11.3 Å². The lowest BCUT2D eigenvalue weighted by molar-refractivity contribution is 0.0444. The van der Waals surface area contributed by atoms with Gasteiger partial charge >= 0.3 is 5.97 Å². The predicted molar refractivity (Wildman–Crippen MR) is 86.1 cm³/mol. The minimum absolute atomic E-state index is 0.0451. The number of carbonyl (C=O) groups excluding carboxylic acids is 1. The zero-order chi connectivity index (χ0) is 16.7. The van der Waals surface area contributed by atoms with Crippen molar-refractivity contribution in [2.24, 2.45) is 0 Å². The van der Waals surface area contributed by atoms with Crippen LogP contribution in [0, 0.1) is 4.64 Å². The number of unbranched alkanes of at least 4 members (excludes halogenated alkanes) is 1. The fourth-order valence-corrected chi connectivity index (χ4v) is 2.04. The maximum absolute atomic E-state index is 12.1. The second-order valence-corrected chi connectivity index (χ2v) is 5.07. The van der Waals surface area contributed by atoms with E-state index >= 15 is 0 Å². The summed E-state index contributed by atoms with van der Waals surface area (Å²) in [5.41, 5.74) is 0.0451. The molecule has 0 fully saturated rings. The second-order valence-electron chi connectivity index (χ2n) is 4.68. The van der Waals surface area contributed by atoms with Crippen molar-refractivity contribution in [3.8, 4) is 11.5 Å². The van der Waals surface area contributed by atoms with E-state index in [-0.39, 0.29) is 22.6 Å². The van der Waals surface area contributed by atoms with Crippen LogP contribution < -0.4 is 9.57 Å². The van der Waals surface area contributed by atoms with Crippen molar-refractivity contribution in [1.82, 2.24) is 4.73 Å². The summed E-state index contributed by atoms with van der Waals surface area (Å²) in [6.07, 6.45) is 2.82. The summed E-state index contributed by atoms with van der Waals surface area (Å²) in [4.78, 5) is 17.3. The Hall–Kier alpha value is -2.38. The summed E-state index contributed by atoms with van der Waals surface area (Å²) in [7, 11) is 0. The Morgan fingerprint density at radius 2 is 1.96 bits per heavy atom. The van der Waals surface area contributed by atoms with Crippen molar-refractivity contribution >= 4 is 18.2 Å². The highest BCUT2D eigenvalue weighted by atomic mass is 32.1. The molecule has 1 aromatic heterocycles. The third kappa shape index (κ3) is 4.54. The number of rotatable bonds is 7. The zero-order valence-electron chi connectivity index (χ0n) is 12.3. The Morgan fingerprint density at radius 3 is 2.70 bits per heavy atom. The van der Waals surface area contributed by atoms with Gasteiger partial charge in [-0.05, 0) is 37.1 Å². The minimum Gasteiger partial charge on any atom is -0.507 e. The monoisotopic (exact) mass is 335 g/mol. The third-order valence-corrected chi connectivity index (χ3v) is 3.38. The van der Waals surface area contributed by atoms with E-state index in [0.717, 1.165) is 4.73 Å². The van der Waals surface area contributed by atoms with Crippen LogP contribution in [0.5, 0.6) is 11.5 Å². The molecule has 1 heterocycles. The van der Waals surface area contributed by atoms with Crippen LogP contribution in [0.25, 0.3) is 0 Å². The van der Waals surface area contributed by atoms with E-state index in [4.69, 9.17) is 26.9 Å². The summed E-state index contributed by atoms with van der Waals surface area (Å²) in [6, 6.07) is 9.39. The number of aliphatic hydroxyl groups excluding tert-OH is 1. The van der Waals surface area contributed by atoms with Gasteiger partial charge in [-0.3, -0.25) is 0 Å². The first kappa shape index (κ1) is 17.0. The highest BCUT2D eigenvalue weighted by molar-refractivity contribution is 7.71. The van der Waals surface area contributed by atoms with Crippen LogP contribution in [0.15, 0.2) is 42.6 Å². The van der Waals surface area contributed by atoms with Crippen LogP contribution in [0.4, 0.5) is 0 Å². The first-order chi connectivity index (χ1) is 11.1. The van der Waals surface area contributed by atoms with E-state index in [9.17, 15) is 9.90 Å². The molecular formula is C16H17NO5S. The van der Waals surface area contributed by atoms with Crippen LogP contribution in [0.3, 0.4) is 0 Å². The van der Waals surface area contributed by atoms with Gasteiger partial charge in [0.25, 0.3) is 0 Å². The van der Waals surface area contributed by atoms with Crippen LogP contribution >= 0.6 is 12.2 Å². The molecule has 0 aliphatic carbocycles. The number of carbonyl (C=O) groups is 1. The Kier molecular flexibility index (Phi) is 6.13. The second kappa shape index (κ2) is 8.30. The first-order valence-corrected chi connectivity index (χ1v) is 7.50. The molecule has 0 saturated carbocycles. The number of ether oxygens (including phenoxy) is 1. The largest absolute Gasteiger partial charge is 0.507 e. The summed E-state index contributed by atoms with van der Waals surface area (Å²) in [5, 5.41) is 18.4. The highest BCUT2D eigenvalue weighted by Gasteiger charge is 2.14. The molecule has 0 spiro atoms. The number of nitrogens with zero attached hydrogens (tertiary/aromatic N) is 1. The summed E-state index contributed by atoms with van der Waals surface area (Å²) < 4.78 is 6.84. The smallest absolute Gasteiger partial charge is 0.367 e. The molecule has 2 N–H and O–H groups in total. The maximum Gasteiger partial charge on any atom is 0.367 e. The van der Waals surface area contributed by atoms with Gasteiger partial charge in [-0.25, -0.2) is 4.79 Å². The number of phenols is 1. The number of hydrogen-bond acceptors (Lipinski definition) is 6. The van der Waals surface area contributed by atoms with Gasteiger partial charge in [-0.1, -0.05) is 24.4 Å². The molecule has 0 saturated heterocycles. The van der Waals surface area contributed by atoms with Gasteiger partial charge in [0.2, 0.25) is 0 Å². The van der Waals surface area contributed by atoms with Crippen molar-refractivity contribution in [3.63, 3.8) is 0 Å². The summed E-state index contributed by atoms with van der Waals surface area (Å²) in [6.45, 7) is 0.513. The van der Waals surface area contributed by atoms with E-state index in [2.05, 4.69) is 0 Å².